The predicted octanol–water partition coefficient (Wildman–Crippen LogP) is 0.201. The number of carbonyl (C=O) groups is 2. The molecule has 1 amide bonds. The molecule has 1 rings (SSSR count). The van der Waals surface area contributed by atoms with Gasteiger partial charge in [-0.05, 0) is 6.92 Å². The molecule has 8 heteroatoms. The van der Waals surface area contributed by atoms with E-state index in [9.17, 15) is 9.59 Å². The SMILES string of the molecule is CC(=O)N[C@@H](CSCc1nonc1C)C(=O)O. The minimum atomic E-state index is -1.05. The summed E-state index contributed by atoms with van der Waals surface area (Å²) in [5, 5.41) is 18.5. The van der Waals surface area contributed by atoms with E-state index >= 15 is 0 Å². The quantitative estimate of drug-likeness (QED) is 0.751. The molecule has 0 radical (unpaired) electrons. The van der Waals surface area contributed by atoms with E-state index in [0.717, 1.165) is 0 Å². The van der Waals surface area contributed by atoms with Gasteiger partial charge in [0.25, 0.3) is 0 Å². The van der Waals surface area contributed by atoms with Gasteiger partial charge in [0.15, 0.2) is 0 Å². The van der Waals surface area contributed by atoms with E-state index < -0.39 is 12.0 Å². The van der Waals surface area contributed by atoms with Crippen molar-refractivity contribution in [2.75, 3.05) is 5.75 Å². The molecule has 0 saturated heterocycles. The lowest BCUT2D eigenvalue weighted by Gasteiger charge is -2.11. The lowest BCUT2D eigenvalue weighted by Crippen LogP contribution is -2.41. The number of aryl methyl sites for hydroxylation is 1. The van der Waals surface area contributed by atoms with Crippen LogP contribution in [0.25, 0.3) is 0 Å². The Morgan fingerprint density at radius 1 is 1.53 bits per heavy atom. The third kappa shape index (κ3) is 4.43. The van der Waals surface area contributed by atoms with Crippen molar-refractivity contribution in [1.82, 2.24) is 15.6 Å². The molecule has 0 aliphatic heterocycles. The van der Waals surface area contributed by atoms with Gasteiger partial charge in [-0.3, -0.25) is 4.79 Å². The van der Waals surface area contributed by atoms with Gasteiger partial charge in [-0.1, -0.05) is 10.3 Å². The number of carbonyl (C=O) groups excluding carboxylic acids is 1. The van der Waals surface area contributed by atoms with Crippen molar-refractivity contribution < 1.29 is 19.3 Å². The molecule has 1 heterocycles. The Morgan fingerprint density at radius 3 is 2.71 bits per heavy atom. The number of nitrogens with zero attached hydrogens (tertiary/aromatic N) is 2. The third-order valence-electron chi connectivity index (χ3n) is 1.95. The van der Waals surface area contributed by atoms with Gasteiger partial charge < -0.3 is 10.4 Å². The number of aromatic nitrogens is 2. The van der Waals surface area contributed by atoms with Gasteiger partial charge in [-0.25, -0.2) is 9.42 Å². The first-order valence-corrected chi connectivity index (χ1v) is 6.02. The van der Waals surface area contributed by atoms with Crippen LogP contribution in [0.1, 0.15) is 18.3 Å². The molecule has 1 aromatic heterocycles. The summed E-state index contributed by atoms with van der Waals surface area (Å²) >= 11 is 1.35. The van der Waals surface area contributed by atoms with Crippen LogP contribution in [0.2, 0.25) is 0 Å². The fourth-order valence-corrected chi connectivity index (χ4v) is 2.11. The van der Waals surface area contributed by atoms with Crippen LogP contribution < -0.4 is 5.32 Å². The second-order valence-corrected chi connectivity index (χ2v) is 4.43. The lowest BCUT2D eigenvalue weighted by molar-refractivity contribution is -0.140. The molecule has 0 saturated carbocycles. The highest BCUT2D eigenvalue weighted by atomic mass is 32.2. The van der Waals surface area contributed by atoms with Crippen LogP contribution in [0.3, 0.4) is 0 Å². The number of hydrogen-bond donors (Lipinski definition) is 2. The fraction of sp³-hybridized carbons (Fsp3) is 0.556. The summed E-state index contributed by atoms with van der Waals surface area (Å²) in [5.41, 5.74) is 1.37. The summed E-state index contributed by atoms with van der Waals surface area (Å²) in [4.78, 5) is 21.6. The fourth-order valence-electron chi connectivity index (χ4n) is 1.07. The maximum Gasteiger partial charge on any atom is 0.327 e. The smallest absolute Gasteiger partial charge is 0.327 e. The first-order chi connectivity index (χ1) is 8.00. The Bertz CT molecular complexity index is 407. The highest BCUT2D eigenvalue weighted by Crippen LogP contribution is 2.13. The van der Waals surface area contributed by atoms with Crippen molar-refractivity contribution in [1.29, 1.82) is 0 Å². The van der Waals surface area contributed by atoms with E-state index in [2.05, 4.69) is 20.3 Å². The van der Waals surface area contributed by atoms with E-state index in [1.807, 2.05) is 0 Å². The van der Waals surface area contributed by atoms with Crippen LogP contribution in [-0.2, 0) is 15.3 Å². The summed E-state index contributed by atoms with van der Waals surface area (Å²) < 4.78 is 4.52. The molecule has 0 spiro atoms. The summed E-state index contributed by atoms with van der Waals surface area (Å²) in [6.07, 6.45) is 0. The van der Waals surface area contributed by atoms with Gasteiger partial charge in [0.2, 0.25) is 5.91 Å². The maximum absolute atomic E-state index is 10.8. The van der Waals surface area contributed by atoms with Crippen molar-refractivity contribution in [3.8, 4) is 0 Å². The van der Waals surface area contributed by atoms with E-state index in [0.29, 0.717) is 17.1 Å². The topological polar surface area (TPSA) is 105 Å². The number of amides is 1. The Morgan fingerprint density at radius 2 is 2.24 bits per heavy atom. The predicted molar refractivity (Wildman–Crippen MR) is 60.4 cm³/mol. The molecule has 1 atom stereocenters. The van der Waals surface area contributed by atoms with Crippen LogP contribution in [0.4, 0.5) is 0 Å². The van der Waals surface area contributed by atoms with Gasteiger partial charge in [0, 0.05) is 18.4 Å². The van der Waals surface area contributed by atoms with Crippen LogP contribution >= 0.6 is 11.8 Å². The number of carboxylic acid groups (broad SMARTS) is 1. The lowest BCUT2D eigenvalue weighted by atomic mass is 10.3. The van der Waals surface area contributed by atoms with Crippen LogP contribution in [0, 0.1) is 6.92 Å². The van der Waals surface area contributed by atoms with Gasteiger partial charge >= 0.3 is 5.97 Å². The number of carboxylic acids is 1. The van der Waals surface area contributed by atoms with Crippen molar-refractivity contribution >= 4 is 23.6 Å². The monoisotopic (exact) mass is 259 g/mol. The molecule has 17 heavy (non-hydrogen) atoms. The highest BCUT2D eigenvalue weighted by Gasteiger charge is 2.18. The zero-order chi connectivity index (χ0) is 12.8. The van der Waals surface area contributed by atoms with Gasteiger partial charge in [-0.2, -0.15) is 11.8 Å². The summed E-state index contributed by atoms with van der Waals surface area (Å²) in [7, 11) is 0. The number of nitrogens with one attached hydrogen (secondary N) is 1. The molecule has 0 fully saturated rings. The number of hydrogen-bond acceptors (Lipinski definition) is 6. The largest absolute Gasteiger partial charge is 0.480 e. The molecule has 7 nitrogen and oxygen atoms in total. The number of rotatable bonds is 6. The Hall–Kier alpha value is -1.57. The molecule has 1 aromatic rings. The number of thioether (sulfide) groups is 1. The molecule has 94 valence electrons. The van der Waals surface area contributed by atoms with E-state index in [1.54, 1.807) is 6.92 Å². The Kier molecular flexibility index (Phi) is 4.95. The summed E-state index contributed by atoms with van der Waals surface area (Å²) in [6.45, 7) is 3.04. The average molecular weight is 259 g/mol. The first-order valence-electron chi connectivity index (χ1n) is 4.86. The summed E-state index contributed by atoms with van der Waals surface area (Å²) in [6, 6.07) is -0.891. The highest BCUT2D eigenvalue weighted by molar-refractivity contribution is 7.98. The molecular formula is C9H13N3O4S. The van der Waals surface area contributed by atoms with Gasteiger partial charge in [-0.15, -0.1) is 0 Å². The molecular weight excluding hydrogens is 246 g/mol. The van der Waals surface area contributed by atoms with E-state index in [1.165, 1.54) is 18.7 Å². The minimum Gasteiger partial charge on any atom is -0.480 e. The van der Waals surface area contributed by atoms with E-state index in [4.69, 9.17) is 5.11 Å². The maximum atomic E-state index is 10.8. The molecule has 0 aliphatic carbocycles. The Labute approximate surface area is 102 Å². The zero-order valence-electron chi connectivity index (χ0n) is 9.47. The Balaban J connectivity index is 2.40. The van der Waals surface area contributed by atoms with Crippen molar-refractivity contribution in [2.24, 2.45) is 0 Å². The van der Waals surface area contributed by atoms with Crippen molar-refractivity contribution in [2.45, 2.75) is 25.6 Å². The minimum absolute atomic E-state index is 0.265. The average Bonchev–Trinajstić information content (AvgIpc) is 2.62. The van der Waals surface area contributed by atoms with Crippen molar-refractivity contribution in [3.63, 3.8) is 0 Å². The van der Waals surface area contributed by atoms with Crippen LogP contribution in [0.5, 0.6) is 0 Å². The van der Waals surface area contributed by atoms with Gasteiger partial charge in [0.1, 0.15) is 17.4 Å². The summed E-state index contributed by atoms with van der Waals surface area (Å²) in [5.74, 6) is -0.653. The third-order valence-corrected chi connectivity index (χ3v) is 2.99. The van der Waals surface area contributed by atoms with Crippen LogP contribution in [0.15, 0.2) is 4.63 Å². The molecule has 0 unspecified atom stereocenters. The molecule has 2 N–H and O–H groups in total. The molecule has 0 aliphatic rings. The molecule has 0 aromatic carbocycles. The standard InChI is InChI=1S/C9H13N3O4S/c1-5-7(12-16-11-5)3-17-4-8(9(14)15)10-6(2)13/h8H,3-4H2,1-2H3,(H,10,13)(H,14,15)/t8-/m0/s1. The molecule has 0 bridgehead atoms. The zero-order valence-corrected chi connectivity index (χ0v) is 10.3. The van der Waals surface area contributed by atoms with Crippen LogP contribution in [-0.4, -0.2) is 39.1 Å². The normalized spacial score (nSPS) is 12.1. The van der Waals surface area contributed by atoms with Crippen molar-refractivity contribution in [3.05, 3.63) is 11.4 Å². The second-order valence-electron chi connectivity index (χ2n) is 3.40. The number of aliphatic carboxylic acids is 1. The van der Waals surface area contributed by atoms with Gasteiger partial charge in [0.05, 0.1) is 0 Å². The first kappa shape index (κ1) is 13.5. The van der Waals surface area contributed by atoms with E-state index in [-0.39, 0.29) is 11.7 Å². The second kappa shape index (κ2) is 6.24.